The molecule has 0 aliphatic rings. The summed E-state index contributed by atoms with van der Waals surface area (Å²) < 4.78 is 18.7. The average molecular weight is 402 g/mol. The molecule has 4 rings (SSSR count). The summed E-state index contributed by atoms with van der Waals surface area (Å²) in [4.78, 5) is 16.8. The summed E-state index contributed by atoms with van der Waals surface area (Å²) in [6.07, 6.45) is 7.01. The van der Waals surface area contributed by atoms with E-state index in [1.807, 2.05) is 18.2 Å². The van der Waals surface area contributed by atoms with Gasteiger partial charge in [-0.2, -0.15) is 5.10 Å². The van der Waals surface area contributed by atoms with Crippen LogP contribution in [-0.2, 0) is 6.54 Å². The highest BCUT2D eigenvalue weighted by atomic mass is 19.1. The number of nitrogens with zero attached hydrogens (tertiary/aromatic N) is 2. The van der Waals surface area contributed by atoms with Gasteiger partial charge in [-0.25, -0.2) is 4.39 Å². The second-order valence-corrected chi connectivity index (χ2v) is 6.61. The van der Waals surface area contributed by atoms with Gasteiger partial charge >= 0.3 is 0 Å². The number of aromatic nitrogens is 3. The van der Waals surface area contributed by atoms with Gasteiger partial charge in [-0.15, -0.1) is 0 Å². The summed E-state index contributed by atoms with van der Waals surface area (Å²) in [6.45, 7) is 0.358. The van der Waals surface area contributed by atoms with Crippen LogP contribution in [0.3, 0.4) is 0 Å². The molecule has 4 aromatic rings. The number of pyridine rings is 1. The third-order valence-corrected chi connectivity index (χ3v) is 4.64. The second-order valence-electron chi connectivity index (χ2n) is 6.61. The molecule has 0 saturated carbocycles. The number of H-pyrrole nitrogens is 1. The molecule has 0 aliphatic carbocycles. The lowest BCUT2D eigenvalue weighted by atomic mass is 10.1. The van der Waals surface area contributed by atoms with Gasteiger partial charge in [0.25, 0.3) is 5.91 Å². The van der Waals surface area contributed by atoms with E-state index in [1.165, 1.54) is 19.2 Å². The standard InChI is InChI=1S/C23H19FN4O2/c1-30-22-18(23(29)26-14-16-3-2-12-25-13-16)9-11-20-21(22)19(27-28-20)10-6-15-4-7-17(24)8-5-15/h2-13H,14H2,1H3,(H,26,29)(H,27,28). The first kappa shape index (κ1) is 19.3. The maximum Gasteiger partial charge on any atom is 0.255 e. The molecule has 150 valence electrons. The fourth-order valence-electron chi connectivity index (χ4n) is 3.15. The van der Waals surface area contributed by atoms with Crippen LogP contribution in [-0.4, -0.2) is 28.2 Å². The summed E-state index contributed by atoms with van der Waals surface area (Å²) in [6, 6.07) is 13.3. The van der Waals surface area contributed by atoms with Crippen LogP contribution >= 0.6 is 0 Å². The van der Waals surface area contributed by atoms with Crippen LogP contribution < -0.4 is 10.1 Å². The first-order chi connectivity index (χ1) is 14.7. The fraction of sp³-hybridized carbons (Fsp3) is 0.0870. The number of methoxy groups -OCH3 is 1. The smallest absolute Gasteiger partial charge is 0.255 e. The maximum atomic E-state index is 13.1. The SMILES string of the molecule is COc1c(C(=O)NCc2cccnc2)ccc2[nH]nc(C=Cc3ccc(F)cc3)c12. The van der Waals surface area contributed by atoms with Crippen molar-refractivity contribution in [3.05, 3.63) is 89.1 Å². The van der Waals surface area contributed by atoms with Crippen molar-refractivity contribution in [1.29, 1.82) is 0 Å². The molecule has 0 saturated heterocycles. The number of carbonyl (C=O) groups is 1. The van der Waals surface area contributed by atoms with E-state index in [9.17, 15) is 9.18 Å². The predicted molar refractivity (Wildman–Crippen MR) is 113 cm³/mol. The van der Waals surface area contributed by atoms with Gasteiger partial charge in [0.2, 0.25) is 0 Å². The number of rotatable bonds is 6. The number of amides is 1. The molecule has 0 spiro atoms. The molecule has 0 atom stereocenters. The minimum Gasteiger partial charge on any atom is -0.495 e. The van der Waals surface area contributed by atoms with Crippen molar-refractivity contribution in [2.75, 3.05) is 7.11 Å². The molecule has 0 bridgehead atoms. The first-order valence-electron chi connectivity index (χ1n) is 9.31. The number of ether oxygens (including phenoxy) is 1. The molecular weight excluding hydrogens is 383 g/mol. The molecule has 2 N–H and O–H groups in total. The molecule has 6 nitrogen and oxygen atoms in total. The van der Waals surface area contributed by atoms with Crippen LogP contribution in [0.15, 0.2) is 60.9 Å². The summed E-state index contributed by atoms with van der Waals surface area (Å²) in [5.74, 6) is -0.114. The Balaban J connectivity index is 1.64. The van der Waals surface area contributed by atoms with E-state index in [1.54, 1.807) is 42.7 Å². The minimum absolute atomic E-state index is 0.257. The van der Waals surface area contributed by atoms with Crippen LogP contribution in [0.2, 0.25) is 0 Å². The Morgan fingerprint density at radius 3 is 2.73 bits per heavy atom. The number of nitrogens with one attached hydrogen (secondary N) is 2. The molecule has 2 aromatic carbocycles. The van der Waals surface area contributed by atoms with Crippen molar-refractivity contribution < 1.29 is 13.9 Å². The number of halogens is 1. The van der Waals surface area contributed by atoms with E-state index in [0.717, 1.165) is 16.6 Å². The number of benzene rings is 2. The Bertz CT molecular complexity index is 1200. The Labute approximate surface area is 172 Å². The molecule has 0 radical (unpaired) electrons. The Morgan fingerprint density at radius 2 is 2.00 bits per heavy atom. The van der Waals surface area contributed by atoms with Gasteiger partial charge in [-0.05, 0) is 47.5 Å². The van der Waals surface area contributed by atoms with Crippen LogP contribution in [0.5, 0.6) is 5.75 Å². The van der Waals surface area contributed by atoms with Crippen molar-refractivity contribution in [1.82, 2.24) is 20.5 Å². The Kier molecular flexibility index (Phi) is 5.52. The number of carbonyl (C=O) groups excluding carboxylic acids is 1. The van der Waals surface area contributed by atoms with Crippen LogP contribution in [0.25, 0.3) is 23.1 Å². The lowest BCUT2D eigenvalue weighted by molar-refractivity contribution is 0.0948. The zero-order chi connectivity index (χ0) is 20.9. The van der Waals surface area contributed by atoms with Gasteiger partial charge in [0.05, 0.1) is 29.3 Å². The highest BCUT2D eigenvalue weighted by Gasteiger charge is 2.18. The number of fused-ring (bicyclic) bond motifs is 1. The zero-order valence-electron chi connectivity index (χ0n) is 16.2. The van der Waals surface area contributed by atoms with E-state index in [0.29, 0.717) is 28.9 Å². The molecular formula is C23H19FN4O2. The molecule has 0 unspecified atom stereocenters. The lowest BCUT2D eigenvalue weighted by Gasteiger charge is -2.11. The quantitative estimate of drug-likeness (QED) is 0.506. The monoisotopic (exact) mass is 402 g/mol. The normalized spacial score (nSPS) is 11.1. The van der Waals surface area contributed by atoms with E-state index < -0.39 is 0 Å². The number of aromatic amines is 1. The topological polar surface area (TPSA) is 79.9 Å². The molecule has 2 heterocycles. The van der Waals surface area contributed by atoms with Gasteiger partial charge in [-0.3, -0.25) is 14.9 Å². The van der Waals surface area contributed by atoms with Crippen LogP contribution in [0, 0.1) is 5.82 Å². The second kappa shape index (κ2) is 8.57. The molecule has 0 fully saturated rings. The molecule has 1 amide bonds. The zero-order valence-corrected chi connectivity index (χ0v) is 16.2. The number of hydrogen-bond donors (Lipinski definition) is 2. The average Bonchev–Trinajstić information content (AvgIpc) is 3.20. The van der Waals surface area contributed by atoms with Crippen molar-refractivity contribution >= 4 is 29.0 Å². The van der Waals surface area contributed by atoms with E-state index in [4.69, 9.17) is 4.74 Å². The van der Waals surface area contributed by atoms with Crippen molar-refractivity contribution in [2.45, 2.75) is 6.54 Å². The highest BCUT2D eigenvalue weighted by Crippen LogP contribution is 2.32. The lowest BCUT2D eigenvalue weighted by Crippen LogP contribution is -2.23. The van der Waals surface area contributed by atoms with Gasteiger partial charge < -0.3 is 10.1 Å². The van der Waals surface area contributed by atoms with Gasteiger partial charge in [-0.1, -0.05) is 24.3 Å². The Hall–Kier alpha value is -4.00. The van der Waals surface area contributed by atoms with Crippen LogP contribution in [0.4, 0.5) is 4.39 Å². The maximum absolute atomic E-state index is 13.1. The summed E-state index contributed by atoms with van der Waals surface area (Å²) >= 11 is 0. The Morgan fingerprint density at radius 1 is 1.17 bits per heavy atom. The van der Waals surface area contributed by atoms with E-state index in [2.05, 4.69) is 20.5 Å². The molecule has 30 heavy (non-hydrogen) atoms. The summed E-state index contributed by atoms with van der Waals surface area (Å²) in [5, 5.41) is 10.9. The third kappa shape index (κ3) is 4.05. The first-order valence-corrected chi connectivity index (χ1v) is 9.31. The molecule has 7 heteroatoms. The largest absolute Gasteiger partial charge is 0.495 e. The third-order valence-electron chi connectivity index (χ3n) is 4.64. The predicted octanol–water partition coefficient (Wildman–Crippen LogP) is 4.21. The van der Waals surface area contributed by atoms with Crippen LogP contribution in [0.1, 0.15) is 27.2 Å². The minimum atomic E-state index is -0.291. The van der Waals surface area contributed by atoms with E-state index in [-0.39, 0.29) is 11.7 Å². The van der Waals surface area contributed by atoms with Crippen molar-refractivity contribution in [3.8, 4) is 5.75 Å². The molecule has 2 aromatic heterocycles. The number of hydrogen-bond acceptors (Lipinski definition) is 4. The van der Waals surface area contributed by atoms with Gasteiger partial charge in [0, 0.05) is 18.9 Å². The fourth-order valence-corrected chi connectivity index (χ4v) is 3.15. The van der Waals surface area contributed by atoms with E-state index >= 15 is 0 Å². The van der Waals surface area contributed by atoms with Gasteiger partial charge in [0.15, 0.2) is 0 Å². The van der Waals surface area contributed by atoms with Gasteiger partial charge in [0.1, 0.15) is 11.6 Å². The highest BCUT2D eigenvalue weighted by molar-refractivity contribution is 6.05. The summed E-state index contributed by atoms with van der Waals surface area (Å²) in [5.41, 5.74) is 3.50. The van der Waals surface area contributed by atoms with Crippen molar-refractivity contribution in [2.24, 2.45) is 0 Å². The van der Waals surface area contributed by atoms with Crippen molar-refractivity contribution in [3.63, 3.8) is 0 Å². The molecule has 0 aliphatic heterocycles. The summed E-state index contributed by atoms with van der Waals surface area (Å²) in [7, 11) is 1.52.